The van der Waals surface area contributed by atoms with Crippen LogP contribution in [0.2, 0.25) is 0 Å². The summed E-state index contributed by atoms with van der Waals surface area (Å²) in [4.78, 5) is 24.2. The van der Waals surface area contributed by atoms with E-state index in [0.29, 0.717) is 17.9 Å². The summed E-state index contributed by atoms with van der Waals surface area (Å²) in [6, 6.07) is 6.41. The number of fused-ring (bicyclic) bond motifs is 6. The highest BCUT2D eigenvalue weighted by atomic mass is 19.4. The number of rotatable bonds is 8. The van der Waals surface area contributed by atoms with E-state index in [1.54, 1.807) is 23.9 Å². The van der Waals surface area contributed by atoms with Crippen LogP contribution in [0.25, 0.3) is 11.3 Å². The molecule has 1 saturated heterocycles. The van der Waals surface area contributed by atoms with Crippen molar-refractivity contribution >= 4 is 5.97 Å². The number of carbonyl (C=O) groups is 1. The molecule has 0 spiro atoms. The zero-order valence-corrected chi connectivity index (χ0v) is 19.6. The van der Waals surface area contributed by atoms with Crippen molar-refractivity contribution < 1.29 is 37.3 Å². The van der Waals surface area contributed by atoms with Crippen LogP contribution in [0, 0.1) is 0 Å². The highest BCUT2D eigenvalue weighted by Crippen LogP contribution is 2.49. The van der Waals surface area contributed by atoms with E-state index in [9.17, 15) is 27.9 Å². The second-order valence-corrected chi connectivity index (χ2v) is 9.29. The van der Waals surface area contributed by atoms with Crippen LogP contribution in [0.3, 0.4) is 0 Å². The average Bonchev–Trinajstić information content (AvgIpc) is 3.05. The van der Waals surface area contributed by atoms with E-state index >= 15 is 0 Å². The molecule has 0 aliphatic carbocycles. The quantitative estimate of drug-likeness (QED) is 0.557. The van der Waals surface area contributed by atoms with Crippen LogP contribution in [0.1, 0.15) is 48.7 Å². The second kappa shape index (κ2) is 9.19. The predicted octanol–water partition coefficient (Wildman–Crippen LogP) is 3.75. The Labute approximate surface area is 199 Å². The average molecular weight is 496 g/mol. The number of carboxylic acid groups (broad SMARTS) is 1. The van der Waals surface area contributed by atoms with E-state index in [1.165, 1.54) is 12.3 Å². The highest BCUT2D eigenvalue weighted by Gasteiger charge is 2.51. The molecule has 0 amide bonds. The second-order valence-electron chi connectivity index (χ2n) is 9.29. The Morgan fingerprint density at radius 2 is 1.97 bits per heavy atom. The molecule has 1 N–H and O–H groups in total. The Bertz CT molecular complexity index is 1180. The lowest BCUT2D eigenvalue weighted by atomic mass is 9.92. The summed E-state index contributed by atoms with van der Waals surface area (Å²) in [6.45, 7) is 2.84. The molecule has 35 heavy (non-hydrogen) atoms. The Morgan fingerprint density at radius 3 is 2.63 bits per heavy atom. The van der Waals surface area contributed by atoms with Gasteiger partial charge in [-0.25, -0.2) is 4.79 Å². The number of hydrogen-bond acceptors (Lipinski definition) is 6. The molecular formula is C24H27F3N2O6. The SMILES string of the molecule is COC1CC(C)(C)N2C1c1cc(OCCCOCC(F)(F)F)ccc1-c1cc(=O)c(C(=O)O)cn12. The van der Waals surface area contributed by atoms with E-state index in [-0.39, 0.29) is 37.3 Å². The number of aromatic nitrogens is 1. The minimum absolute atomic E-state index is 0.0804. The summed E-state index contributed by atoms with van der Waals surface area (Å²) < 4.78 is 54.5. The molecule has 8 nitrogen and oxygen atoms in total. The smallest absolute Gasteiger partial charge is 0.411 e. The number of hydrogen-bond donors (Lipinski definition) is 1. The van der Waals surface area contributed by atoms with Crippen molar-refractivity contribution in [3.05, 3.63) is 51.8 Å². The van der Waals surface area contributed by atoms with E-state index in [0.717, 1.165) is 11.1 Å². The first kappa shape index (κ1) is 25.1. The normalized spacial score (nSPS) is 20.2. The van der Waals surface area contributed by atoms with Crippen LogP contribution in [-0.4, -0.2) is 60.5 Å². The zero-order valence-electron chi connectivity index (χ0n) is 19.6. The van der Waals surface area contributed by atoms with Crippen LogP contribution in [-0.2, 0) is 9.47 Å². The molecule has 1 fully saturated rings. The van der Waals surface area contributed by atoms with Crippen molar-refractivity contribution in [1.82, 2.24) is 4.68 Å². The monoisotopic (exact) mass is 496 g/mol. The van der Waals surface area contributed by atoms with Gasteiger partial charge >= 0.3 is 12.1 Å². The number of ether oxygens (including phenoxy) is 3. The molecule has 2 aliphatic rings. The summed E-state index contributed by atoms with van der Waals surface area (Å²) in [7, 11) is 1.62. The van der Waals surface area contributed by atoms with Gasteiger partial charge in [0.2, 0.25) is 0 Å². The Balaban J connectivity index is 1.66. The Hall–Kier alpha value is -3.05. The van der Waals surface area contributed by atoms with Crippen LogP contribution in [0.15, 0.2) is 35.3 Å². The van der Waals surface area contributed by atoms with Crippen LogP contribution in [0.4, 0.5) is 13.2 Å². The Morgan fingerprint density at radius 1 is 1.23 bits per heavy atom. The van der Waals surface area contributed by atoms with Gasteiger partial charge in [0.25, 0.3) is 0 Å². The molecule has 2 atom stereocenters. The van der Waals surface area contributed by atoms with Crippen molar-refractivity contribution in [3.63, 3.8) is 0 Å². The van der Waals surface area contributed by atoms with Gasteiger partial charge in [0.05, 0.1) is 36.6 Å². The fourth-order valence-corrected chi connectivity index (χ4v) is 4.91. The summed E-state index contributed by atoms with van der Waals surface area (Å²) in [5.41, 5.74) is 0.836. The molecule has 2 unspecified atom stereocenters. The number of nitrogens with zero attached hydrogens (tertiary/aromatic N) is 2. The first-order valence-electron chi connectivity index (χ1n) is 11.2. The fourth-order valence-electron chi connectivity index (χ4n) is 4.91. The fraction of sp³-hybridized carbons (Fsp3) is 0.500. The largest absolute Gasteiger partial charge is 0.493 e. The highest BCUT2D eigenvalue weighted by molar-refractivity contribution is 5.88. The third kappa shape index (κ3) is 4.87. The molecule has 0 radical (unpaired) electrons. The minimum atomic E-state index is -4.36. The Kier molecular flexibility index (Phi) is 6.58. The summed E-state index contributed by atoms with van der Waals surface area (Å²) in [5, 5.41) is 11.5. The maximum absolute atomic E-state index is 12.5. The third-order valence-electron chi connectivity index (χ3n) is 6.32. The molecule has 2 aromatic rings. The topological polar surface area (TPSA) is 90.2 Å². The molecule has 1 aromatic heterocycles. The summed E-state index contributed by atoms with van der Waals surface area (Å²) >= 11 is 0. The van der Waals surface area contributed by atoms with Gasteiger partial charge in [-0.2, -0.15) is 13.2 Å². The number of aromatic carboxylic acids is 1. The zero-order chi connectivity index (χ0) is 25.5. The summed E-state index contributed by atoms with van der Waals surface area (Å²) in [6.07, 6.45) is -2.27. The van der Waals surface area contributed by atoms with Gasteiger partial charge in [-0.15, -0.1) is 0 Å². The lowest BCUT2D eigenvalue weighted by Gasteiger charge is -2.44. The number of benzene rings is 1. The number of carboxylic acids is 1. The van der Waals surface area contributed by atoms with Crippen LogP contribution in [0.5, 0.6) is 5.75 Å². The first-order chi connectivity index (χ1) is 16.4. The molecule has 11 heteroatoms. The van der Waals surface area contributed by atoms with Crippen molar-refractivity contribution in [2.45, 2.75) is 50.6 Å². The maximum atomic E-state index is 12.5. The lowest BCUT2D eigenvalue weighted by molar-refractivity contribution is -0.174. The number of halogens is 3. The molecule has 3 heterocycles. The van der Waals surface area contributed by atoms with Crippen LogP contribution >= 0.6 is 0 Å². The molecule has 2 aliphatic heterocycles. The molecule has 1 aromatic carbocycles. The van der Waals surface area contributed by atoms with Gasteiger partial charge in [-0.1, -0.05) is 0 Å². The van der Waals surface area contributed by atoms with Gasteiger partial charge in [0.1, 0.15) is 17.9 Å². The maximum Gasteiger partial charge on any atom is 0.411 e. The van der Waals surface area contributed by atoms with Crippen molar-refractivity contribution in [1.29, 1.82) is 0 Å². The number of pyridine rings is 1. The molecule has 4 rings (SSSR count). The third-order valence-corrected chi connectivity index (χ3v) is 6.32. The number of methoxy groups -OCH3 is 1. The van der Waals surface area contributed by atoms with Crippen molar-refractivity contribution in [2.75, 3.05) is 31.9 Å². The van der Waals surface area contributed by atoms with Gasteiger partial charge in [0.15, 0.2) is 5.43 Å². The summed E-state index contributed by atoms with van der Waals surface area (Å²) in [5.74, 6) is -0.770. The van der Waals surface area contributed by atoms with Crippen molar-refractivity contribution in [3.8, 4) is 17.0 Å². The van der Waals surface area contributed by atoms with E-state index in [1.807, 2.05) is 24.9 Å². The van der Waals surface area contributed by atoms with E-state index in [4.69, 9.17) is 9.47 Å². The standard InChI is InChI=1S/C24H27F3N2O6/c1-23(2)11-20(33-3)21-16-9-14(35-8-4-7-34-13-24(25,26)27)5-6-15(16)18-10-19(30)17(22(31)32)12-28(18)29(21)23/h5-6,9-10,12,20-21H,4,7-8,11,13H2,1-3H3,(H,31,32). The van der Waals surface area contributed by atoms with E-state index < -0.39 is 29.7 Å². The van der Waals surface area contributed by atoms with Gasteiger partial charge in [0, 0.05) is 37.8 Å². The molecular weight excluding hydrogens is 469 g/mol. The van der Waals surface area contributed by atoms with Gasteiger partial charge in [-0.3, -0.25) is 14.5 Å². The van der Waals surface area contributed by atoms with Crippen molar-refractivity contribution in [2.24, 2.45) is 0 Å². The predicted molar refractivity (Wildman–Crippen MR) is 121 cm³/mol. The molecule has 0 bridgehead atoms. The van der Waals surface area contributed by atoms with Gasteiger partial charge in [-0.05, 0) is 37.6 Å². The first-order valence-corrected chi connectivity index (χ1v) is 11.2. The van der Waals surface area contributed by atoms with Crippen LogP contribution < -0.4 is 15.2 Å². The van der Waals surface area contributed by atoms with E-state index in [2.05, 4.69) is 4.74 Å². The number of alkyl halides is 3. The lowest BCUT2D eigenvalue weighted by Crippen LogP contribution is -2.50. The van der Waals surface area contributed by atoms with Gasteiger partial charge < -0.3 is 19.3 Å². The minimum Gasteiger partial charge on any atom is -0.493 e. The molecule has 0 saturated carbocycles. The molecule has 190 valence electrons.